The Morgan fingerprint density at radius 3 is 1.75 bits per heavy atom. The van der Waals surface area contributed by atoms with Gasteiger partial charge in [0.15, 0.2) is 11.5 Å². The normalized spacial score (nSPS) is 17.1. The number of ketones is 2. The van der Waals surface area contributed by atoms with Gasteiger partial charge in [0.05, 0.1) is 28.3 Å². The molecule has 0 fully saturated rings. The van der Waals surface area contributed by atoms with Crippen LogP contribution in [0.1, 0.15) is 13.8 Å². The first kappa shape index (κ1) is 17.1. The van der Waals surface area contributed by atoms with Gasteiger partial charge >= 0.3 is 0 Å². The molecule has 5 heteroatoms. The van der Waals surface area contributed by atoms with Gasteiger partial charge in [-0.3, -0.25) is 9.59 Å². The van der Waals surface area contributed by atoms with Crippen molar-refractivity contribution in [3.05, 3.63) is 21.7 Å². The van der Waals surface area contributed by atoms with Crippen LogP contribution >= 0.6 is 0 Å². The first-order valence-corrected chi connectivity index (χ1v) is 14.1. The fourth-order valence-corrected chi connectivity index (χ4v) is 14.1. The van der Waals surface area contributed by atoms with Gasteiger partial charge in [0.1, 0.15) is 0 Å². The van der Waals surface area contributed by atoms with E-state index in [1.54, 1.807) is 6.92 Å². The Morgan fingerprint density at radius 1 is 0.950 bits per heavy atom. The standard InChI is InChI=1S/C15H26O3Si2/c1-9-18-14-10(2)12(16)11(13(14)17)15(19(3,4)5)20(6,7)8/h9H2,1-8H3. The van der Waals surface area contributed by atoms with Crippen LogP contribution in [0.2, 0.25) is 39.3 Å². The summed E-state index contributed by atoms with van der Waals surface area (Å²) in [6.07, 6.45) is 0. The monoisotopic (exact) mass is 310 g/mol. The van der Waals surface area contributed by atoms with Gasteiger partial charge in [-0.15, -0.1) is 0 Å². The molecule has 3 nitrogen and oxygen atoms in total. The van der Waals surface area contributed by atoms with E-state index < -0.39 is 16.1 Å². The SMILES string of the molecule is CCOC1=C(C)C(=O)C(=C([Si](C)(C)C)[Si](C)(C)C)C1=O. The Balaban J connectivity index is 3.57. The van der Waals surface area contributed by atoms with Crippen LogP contribution in [0.15, 0.2) is 21.7 Å². The lowest BCUT2D eigenvalue weighted by Gasteiger charge is -2.32. The maximum absolute atomic E-state index is 12.6. The minimum atomic E-state index is -1.74. The van der Waals surface area contributed by atoms with Crippen LogP contribution in [-0.2, 0) is 14.3 Å². The number of allylic oxidation sites excluding steroid dienone is 2. The molecule has 0 saturated carbocycles. The third-order valence-electron chi connectivity index (χ3n) is 3.38. The molecule has 0 aliphatic heterocycles. The molecule has 1 aliphatic rings. The van der Waals surface area contributed by atoms with Crippen LogP contribution in [0.4, 0.5) is 0 Å². The molecule has 0 aromatic rings. The van der Waals surface area contributed by atoms with E-state index in [9.17, 15) is 9.59 Å². The van der Waals surface area contributed by atoms with Crippen LogP contribution in [0, 0.1) is 0 Å². The van der Waals surface area contributed by atoms with Crippen LogP contribution in [-0.4, -0.2) is 34.3 Å². The van der Waals surface area contributed by atoms with Gasteiger partial charge < -0.3 is 4.74 Å². The summed E-state index contributed by atoms with van der Waals surface area (Å²) < 4.78 is 5.41. The van der Waals surface area contributed by atoms with Crippen molar-refractivity contribution in [2.75, 3.05) is 6.61 Å². The van der Waals surface area contributed by atoms with E-state index >= 15 is 0 Å². The quantitative estimate of drug-likeness (QED) is 0.453. The fourth-order valence-electron chi connectivity index (χ4n) is 3.10. The lowest BCUT2D eigenvalue weighted by atomic mass is 10.2. The highest BCUT2D eigenvalue weighted by atomic mass is 28.4. The predicted molar refractivity (Wildman–Crippen MR) is 88.1 cm³/mol. The summed E-state index contributed by atoms with van der Waals surface area (Å²) in [6, 6.07) is 0. The average molecular weight is 311 g/mol. The second-order valence-electron chi connectivity index (χ2n) is 7.30. The van der Waals surface area contributed by atoms with Gasteiger partial charge in [-0.25, -0.2) is 0 Å². The molecule has 0 radical (unpaired) electrons. The number of carbonyl (C=O) groups excluding carboxylic acids is 2. The molecule has 0 aromatic carbocycles. The molecule has 0 unspecified atom stereocenters. The van der Waals surface area contributed by atoms with E-state index in [0.29, 0.717) is 17.8 Å². The topological polar surface area (TPSA) is 43.4 Å². The summed E-state index contributed by atoms with van der Waals surface area (Å²) in [4.78, 5) is 26.4. The van der Waals surface area contributed by atoms with Crippen molar-refractivity contribution in [2.24, 2.45) is 0 Å². The Kier molecular flexibility index (Phi) is 4.66. The van der Waals surface area contributed by atoms with Gasteiger partial charge in [-0.1, -0.05) is 44.1 Å². The maximum Gasteiger partial charge on any atom is 0.231 e. The molecule has 0 amide bonds. The number of ether oxygens (including phenoxy) is 1. The number of hydrogen-bond donors (Lipinski definition) is 0. The molecule has 0 heterocycles. The number of carbonyl (C=O) groups is 2. The van der Waals surface area contributed by atoms with E-state index in [1.807, 2.05) is 6.92 Å². The second-order valence-corrected chi connectivity index (χ2v) is 17.8. The van der Waals surface area contributed by atoms with E-state index in [0.717, 1.165) is 0 Å². The highest BCUT2D eigenvalue weighted by molar-refractivity contribution is 7.05. The van der Waals surface area contributed by atoms with E-state index in [1.165, 1.54) is 4.82 Å². The minimum absolute atomic E-state index is 0.113. The smallest absolute Gasteiger partial charge is 0.231 e. The van der Waals surface area contributed by atoms with Gasteiger partial charge in [-0.05, 0) is 13.8 Å². The molecular weight excluding hydrogens is 284 g/mol. The molecule has 1 aliphatic carbocycles. The van der Waals surface area contributed by atoms with Crippen LogP contribution < -0.4 is 0 Å². The molecule has 0 spiro atoms. The molecule has 0 N–H and O–H groups in total. The largest absolute Gasteiger partial charge is 0.489 e. The zero-order chi connectivity index (χ0) is 15.9. The number of hydrogen-bond acceptors (Lipinski definition) is 3. The third-order valence-corrected chi connectivity index (χ3v) is 11.4. The molecule has 0 bridgehead atoms. The van der Waals surface area contributed by atoms with Crippen LogP contribution in [0.5, 0.6) is 0 Å². The number of Topliss-reactive ketones (excluding diaryl/α,β-unsaturated/α-hetero) is 2. The molecular formula is C15H26O3Si2. The van der Waals surface area contributed by atoms with Crippen molar-refractivity contribution in [1.82, 2.24) is 0 Å². The molecule has 1 rings (SSSR count). The zero-order valence-electron chi connectivity index (χ0n) is 13.9. The first-order chi connectivity index (χ1) is 8.92. The van der Waals surface area contributed by atoms with Crippen LogP contribution in [0.25, 0.3) is 0 Å². The first-order valence-electron chi connectivity index (χ1n) is 7.11. The summed E-state index contributed by atoms with van der Waals surface area (Å²) >= 11 is 0. The van der Waals surface area contributed by atoms with Crippen LogP contribution in [0.3, 0.4) is 0 Å². The van der Waals surface area contributed by atoms with Gasteiger partial charge in [0, 0.05) is 5.57 Å². The van der Waals surface area contributed by atoms with E-state index in [-0.39, 0.29) is 17.3 Å². The summed E-state index contributed by atoms with van der Waals surface area (Å²) in [6.45, 7) is 17.2. The lowest BCUT2D eigenvalue weighted by Crippen LogP contribution is -2.42. The van der Waals surface area contributed by atoms with E-state index in [2.05, 4.69) is 39.3 Å². The highest BCUT2D eigenvalue weighted by Crippen LogP contribution is 2.35. The minimum Gasteiger partial charge on any atom is -0.489 e. The molecule has 112 valence electrons. The summed E-state index contributed by atoms with van der Waals surface area (Å²) in [5.74, 6) is -0.0333. The molecule has 20 heavy (non-hydrogen) atoms. The van der Waals surface area contributed by atoms with Crippen molar-refractivity contribution in [1.29, 1.82) is 0 Å². The Hall–Kier alpha value is -0.946. The third kappa shape index (κ3) is 3.04. The van der Waals surface area contributed by atoms with Gasteiger partial charge in [0.2, 0.25) is 5.78 Å². The fraction of sp³-hybridized carbons (Fsp3) is 0.600. The average Bonchev–Trinajstić information content (AvgIpc) is 2.43. The van der Waals surface area contributed by atoms with Gasteiger partial charge in [0.25, 0.3) is 0 Å². The second kappa shape index (κ2) is 5.44. The lowest BCUT2D eigenvalue weighted by molar-refractivity contribution is -0.117. The van der Waals surface area contributed by atoms with Crippen molar-refractivity contribution >= 4 is 27.7 Å². The van der Waals surface area contributed by atoms with E-state index in [4.69, 9.17) is 4.74 Å². The molecule has 0 saturated heterocycles. The molecule has 0 atom stereocenters. The molecule has 0 aromatic heterocycles. The summed E-state index contributed by atoms with van der Waals surface area (Å²) in [7, 11) is -3.47. The Bertz CT molecular complexity index is 498. The summed E-state index contributed by atoms with van der Waals surface area (Å²) in [5.41, 5.74) is 0.908. The highest BCUT2D eigenvalue weighted by Gasteiger charge is 2.43. The maximum atomic E-state index is 12.6. The van der Waals surface area contributed by atoms with Crippen molar-refractivity contribution in [2.45, 2.75) is 53.1 Å². The Morgan fingerprint density at radius 2 is 1.40 bits per heavy atom. The predicted octanol–water partition coefficient (Wildman–Crippen LogP) is 3.50. The van der Waals surface area contributed by atoms with Crippen molar-refractivity contribution in [3.63, 3.8) is 0 Å². The van der Waals surface area contributed by atoms with Crippen molar-refractivity contribution < 1.29 is 14.3 Å². The van der Waals surface area contributed by atoms with Crippen molar-refractivity contribution in [3.8, 4) is 0 Å². The van der Waals surface area contributed by atoms with Gasteiger partial charge in [-0.2, -0.15) is 0 Å². The zero-order valence-corrected chi connectivity index (χ0v) is 15.9. The number of rotatable bonds is 4. The summed E-state index contributed by atoms with van der Waals surface area (Å²) in [5, 5.41) is 0. The Labute approximate surface area is 124 Å².